The van der Waals surface area contributed by atoms with Crippen molar-refractivity contribution >= 4 is 23.6 Å². The summed E-state index contributed by atoms with van der Waals surface area (Å²) in [6.45, 7) is 3.32. The maximum Gasteiger partial charge on any atom is 0.288 e. The Morgan fingerprint density at radius 3 is 2.32 bits per heavy atom. The number of hydrogen-bond acceptors (Lipinski definition) is 5. The summed E-state index contributed by atoms with van der Waals surface area (Å²) in [7, 11) is 0. The van der Waals surface area contributed by atoms with Gasteiger partial charge >= 0.3 is 0 Å². The van der Waals surface area contributed by atoms with Crippen LogP contribution in [0.3, 0.4) is 0 Å². The third-order valence-electron chi connectivity index (χ3n) is 3.27. The van der Waals surface area contributed by atoms with Crippen LogP contribution in [0.15, 0.2) is 17.3 Å². The quantitative estimate of drug-likeness (QED) is 0.393. The van der Waals surface area contributed by atoms with E-state index in [9.17, 15) is 19.2 Å². The molecule has 0 aliphatic carbocycles. The largest absolute Gasteiger partial charge is 0.342 e. The van der Waals surface area contributed by atoms with Crippen LogP contribution < -0.4 is 5.32 Å². The molecule has 0 unspecified atom stereocenters. The van der Waals surface area contributed by atoms with E-state index in [-0.39, 0.29) is 24.1 Å². The number of imide groups is 1. The summed E-state index contributed by atoms with van der Waals surface area (Å²) in [6.07, 6.45) is 4.60. The number of carbonyl (C=O) groups excluding carboxylic acids is 4. The molecule has 0 aromatic carbocycles. The zero-order valence-corrected chi connectivity index (χ0v) is 12.7. The van der Waals surface area contributed by atoms with Crippen molar-refractivity contribution in [3.05, 3.63) is 12.2 Å². The molecule has 2 N–H and O–H groups in total. The van der Waals surface area contributed by atoms with Gasteiger partial charge in [-0.05, 0) is 26.7 Å². The number of nitrogens with zero attached hydrogens (tertiary/aromatic N) is 2. The van der Waals surface area contributed by atoms with Crippen molar-refractivity contribution in [2.24, 2.45) is 5.11 Å². The highest BCUT2D eigenvalue weighted by atomic mass is 16.2. The fourth-order valence-electron chi connectivity index (χ4n) is 1.99. The maximum absolute atomic E-state index is 11.7. The molecule has 1 aliphatic rings. The van der Waals surface area contributed by atoms with Gasteiger partial charge in [-0.15, -0.1) is 5.11 Å². The summed E-state index contributed by atoms with van der Waals surface area (Å²) in [6, 6.07) is 0. The molecule has 22 heavy (non-hydrogen) atoms. The smallest absolute Gasteiger partial charge is 0.288 e. The summed E-state index contributed by atoms with van der Waals surface area (Å²) < 4.78 is 0. The monoisotopic (exact) mass is 308 g/mol. The van der Waals surface area contributed by atoms with E-state index in [1.165, 1.54) is 26.0 Å². The van der Waals surface area contributed by atoms with Gasteiger partial charge in [0, 0.05) is 25.1 Å². The Balaban J connectivity index is 2.21. The summed E-state index contributed by atoms with van der Waals surface area (Å²) >= 11 is 0. The summed E-state index contributed by atoms with van der Waals surface area (Å²) in [5.41, 5.74) is 5.49. The topological polar surface area (TPSA) is 120 Å². The van der Waals surface area contributed by atoms with Crippen LogP contribution in [0.2, 0.25) is 0 Å². The lowest BCUT2D eigenvalue weighted by atomic mass is 10.0. The standard InChI is InChI=1S/C14H20N4O4/c1-14(2,13(22)17-15)16-10(19)6-4-3-5-9-18-11(20)7-8-12(18)21/h7-8,15H,3-6,9H2,1-2H3,(H,16,19). The van der Waals surface area contributed by atoms with E-state index in [0.717, 1.165) is 4.90 Å². The highest BCUT2D eigenvalue weighted by molar-refractivity contribution is 6.12. The van der Waals surface area contributed by atoms with Crippen LogP contribution in [0.4, 0.5) is 0 Å². The number of amides is 4. The van der Waals surface area contributed by atoms with Crippen molar-refractivity contribution in [2.45, 2.75) is 45.1 Å². The van der Waals surface area contributed by atoms with E-state index < -0.39 is 11.4 Å². The van der Waals surface area contributed by atoms with Gasteiger partial charge in [-0.25, -0.2) is 5.53 Å². The van der Waals surface area contributed by atoms with Gasteiger partial charge in [0.2, 0.25) is 5.91 Å². The fourth-order valence-corrected chi connectivity index (χ4v) is 1.99. The Hall–Kier alpha value is -2.38. The lowest BCUT2D eigenvalue weighted by molar-refractivity contribution is -0.137. The summed E-state index contributed by atoms with van der Waals surface area (Å²) in [5.74, 6) is -1.61. The van der Waals surface area contributed by atoms with E-state index in [2.05, 4.69) is 10.4 Å². The Bertz CT molecular complexity index is 507. The van der Waals surface area contributed by atoms with Crippen LogP contribution in [0.5, 0.6) is 0 Å². The molecule has 1 heterocycles. The van der Waals surface area contributed by atoms with Crippen LogP contribution >= 0.6 is 0 Å². The van der Waals surface area contributed by atoms with Gasteiger partial charge in [0.05, 0.1) is 0 Å². The van der Waals surface area contributed by atoms with Crippen LogP contribution in [-0.2, 0) is 19.2 Å². The molecule has 0 spiro atoms. The lowest BCUT2D eigenvalue weighted by Gasteiger charge is -2.21. The third-order valence-corrected chi connectivity index (χ3v) is 3.27. The highest BCUT2D eigenvalue weighted by Crippen LogP contribution is 2.09. The molecule has 8 nitrogen and oxygen atoms in total. The summed E-state index contributed by atoms with van der Waals surface area (Å²) in [5, 5.41) is 5.32. The number of hydrogen-bond donors (Lipinski definition) is 2. The first-order valence-corrected chi connectivity index (χ1v) is 7.04. The van der Waals surface area contributed by atoms with Crippen molar-refractivity contribution in [3.8, 4) is 0 Å². The fraction of sp³-hybridized carbons (Fsp3) is 0.571. The van der Waals surface area contributed by atoms with Gasteiger partial charge in [-0.2, -0.15) is 0 Å². The van der Waals surface area contributed by atoms with Crippen molar-refractivity contribution in [2.75, 3.05) is 6.54 Å². The minimum absolute atomic E-state index is 0.231. The Morgan fingerprint density at radius 1 is 1.18 bits per heavy atom. The molecule has 1 aliphatic heterocycles. The van der Waals surface area contributed by atoms with Gasteiger partial charge in [-0.1, -0.05) is 6.42 Å². The minimum atomic E-state index is -1.18. The SMILES string of the molecule is CC(C)(NC(=O)CCCCCN1C(=O)C=CC1=O)C(=O)N=N. The summed E-state index contributed by atoms with van der Waals surface area (Å²) in [4.78, 5) is 46.8. The maximum atomic E-state index is 11.7. The Morgan fingerprint density at radius 2 is 1.77 bits per heavy atom. The molecule has 0 radical (unpaired) electrons. The number of unbranched alkanes of at least 4 members (excludes halogenated alkanes) is 2. The van der Waals surface area contributed by atoms with Crippen LogP contribution in [0.1, 0.15) is 39.5 Å². The first-order chi connectivity index (χ1) is 10.3. The zero-order valence-electron chi connectivity index (χ0n) is 12.7. The zero-order chi connectivity index (χ0) is 16.8. The van der Waals surface area contributed by atoms with Crippen molar-refractivity contribution in [3.63, 3.8) is 0 Å². The minimum Gasteiger partial charge on any atom is -0.342 e. The van der Waals surface area contributed by atoms with Crippen LogP contribution in [-0.4, -0.2) is 40.6 Å². The third kappa shape index (κ3) is 4.87. The van der Waals surface area contributed by atoms with Gasteiger partial charge in [0.1, 0.15) is 5.54 Å². The average Bonchev–Trinajstić information content (AvgIpc) is 2.76. The molecule has 0 fully saturated rings. The first-order valence-electron chi connectivity index (χ1n) is 7.04. The number of nitrogens with one attached hydrogen (secondary N) is 2. The predicted molar refractivity (Wildman–Crippen MR) is 76.7 cm³/mol. The molecule has 4 amide bonds. The molecule has 0 saturated carbocycles. The molecule has 1 rings (SSSR count). The van der Waals surface area contributed by atoms with Gasteiger partial charge in [0.15, 0.2) is 0 Å². The molecular formula is C14H20N4O4. The van der Waals surface area contributed by atoms with Gasteiger partial charge in [-0.3, -0.25) is 24.1 Å². The Labute approximate surface area is 128 Å². The molecule has 120 valence electrons. The van der Waals surface area contributed by atoms with E-state index in [4.69, 9.17) is 5.53 Å². The second-order valence-corrected chi connectivity index (χ2v) is 5.56. The molecule has 0 atom stereocenters. The molecule has 0 saturated heterocycles. The van der Waals surface area contributed by atoms with Crippen molar-refractivity contribution in [1.82, 2.24) is 10.2 Å². The highest BCUT2D eigenvalue weighted by Gasteiger charge is 2.29. The number of rotatable bonds is 8. The van der Waals surface area contributed by atoms with Gasteiger partial charge in [0.25, 0.3) is 17.7 Å². The molecule has 8 heteroatoms. The van der Waals surface area contributed by atoms with E-state index in [1.54, 1.807) is 0 Å². The second-order valence-electron chi connectivity index (χ2n) is 5.56. The van der Waals surface area contributed by atoms with E-state index >= 15 is 0 Å². The molecule has 0 aromatic rings. The predicted octanol–water partition coefficient (Wildman–Crippen LogP) is 0.924. The molecule has 0 bridgehead atoms. The molecule has 0 aromatic heterocycles. The van der Waals surface area contributed by atoms with Gasteiger partial charge < -0.3 is 5.32 Å². The van der Waals surface area contributed by atoms with E-state index in [1.807, 2.05) is 0 Å². The van der Waals surface area contributed by atoms with Crippen molar-refractivity contribution in [1.29, 1.82) is 5.53 Å². The average molecular weight is 308 g/mol. The second kappa shape index (κ2) is 7.58. The lowest BCUT2D eigenvalue weighted by Crippen LogP contribution is -2.48. The number of carbonyl (C=O) groups is 4. The van der Waals surface area contributed by atoms with Crippen LogP contribution in [0, 0.1) is 5.53 Å². The van der Waals surface area contributed by atoms with Crippen LogP contribution in [0.25, 0.3) is 0 Å². The normalized spacial score (nSPS) is 14.4. The molecular weight excluding hydrogens is 288 g/mol. The first kappa shape index (κ1) is 17.7. The Kier molecular flexibility index (Phi) is 6.09. The van der Waals surface area contributed by atoms with E-state index in [0.29, 0.717) is 25.8 Å². The van der Waals surface area contributed by atoms with Crippen molar-refractivity contribution < 1.29 is 19.2 Å².